The van der Waals surface area contributed by atoms with Crippen molar-refractivity contribution in [3.05, 3.63) is 0 Å². The lowest BCUT2D eigenvalue weighted by Crippen LogP contribution is -2.56. The maximum absolute atomic E-state index is 11.4. The number of primary amides is 1. The molecule has 0 aromatic heterocycles. The molecule has 0 aromatic rings. The van der Waals surface area contributed by atoms with Crippen LogP contribution in [0.15, 0.2) is 0 Å². The van der Waals surface area contributed by atoms with E-state index in [1.807, 2.05) is 7.05 Å². The summed E-state index contributed by atoms with van der Waals surface area (Å²) < 4.78 is 0. The van der Waals surface area contributed by atoms with Crippen molar-refractivity contribution in [2.24, 2.45) is 17.1 Å². The van der Waals surface area contributed by atoms with E-state index in [1.54, 1.807) is 0 Å². The Labute approximate surface area is 92.8 Å². The van der Waals surface area contributed by atoms with Crippen LogP contribution < -0.4 is 11.1 Å². The Kier molecular flexibility index (Phi) is 3.44. The summed E-state index contributed by atoms with van der Waals surface area (Å²) in [7, 11) is 1.84. The molecule has 1 aliphatic carbocycles. The molecule has 0 aliphatic heterocycles. The average Bonchev–Trinajstić information content (AvgIpc) is 2.16. The first-order valence-electron chi connectivity index (χ1n) is 5.81. The van der Waals surface area contributed by atoms with E-state index in [1.165, 1.54) is 0 Å². The van der Waals surface area contributed by atoms with Gasteiger partial charge in [0.2, 0.25) is 5.91 Å². The topological polar surface area (TPSA) is 55.1 Å². The molecule has 1 saturated carbocycles. The predicted octanol–water partition coefficient (Wildman–Crippen LogP) is 1.67. The maximum Gasteiger partial charge on any atom is 0.237 e. The molecular formula is C12H24N2O. The highest BCUT2D eigenvalue weighted by Gasteiger charge is 2.41. The fraction of sp³-hybridized carbons (Fsp3) is 0.917. The zero-order chi connectivity index (χ0) is 11.7. The van der Waals surface area contributed by atoms with Gasteiger partial charge in [-0.05, 0) is 44.1 Å². The zero-order valence-electron chi connectivity index (χ0n) is 10.4. The molecule has 0 heterocycles. The van der Waals surface area contributed by atoms with Gasteiger partial charge in [0.1, 0.15) is 0 Å². The van der Waals surface area contributed by atoms with Crippen molar-refractivity contribution >= 4 is 5.91 Å². The molecule has 1 fully saturated rings. The van der Waals surface area contributed by atoms with Gasteiger partial charge in [0.05, 0.1) is 5.54 Å². The molecule has 88 valence electrons. The molecule has 0 bridgehead atoms. The van der Waals surface area contributed by atoms with Crippen molar-refractivity contribution in [3.63, 3.8) is 0 Å². The van der Waals surface area contributed by atoms with E-state index in [0.29, 0.717) is 11.3 Å². The minimum atomic E-state index is -0.443. The van der Waals surface area contributed by atoms with Crippen molar-refractivity contribution in [3.8, 4) is 0 Å². The van der Waals surface area contributed by atoms with E-state index in [0.717, 1.165) is 25.7 Å². The second kappa shape index (κ2) is 4.12. The van der Waals surface area contributed by atoms with E-state index in [4.69, 9.17) is 5.73 Å². The number of rotatable bonds is 2. The predicted molar refractivity (Wildman–Crippen MR) is 62.4 cm³/mol. The summed E-state index contributed by atoms with van der Waals surface area (Å²) in [5.41, 5.74) is 5.37. The molecule has 3 nitrogen and oxygen atoms in total. The quantitative estimate of drug-likeness (QED) is 0.731. The van der Waals surface area contributed by atoms with Crippen LogP contribution in [0.4, 0.5) is 0 Å². The van der Waals surface area contributed by atoms with E-state index < -0.39 is 5.54 Å². The molecule has 1 rings (SSSR count). The monoisotopic (exact) mass is 212 g/mol. The molecule has 0 radical (unpaired) electrons. The Bertz CT molecular complexity index is 234. The van der Waals surface area contributed by atoms with Crippen LogP contribution in [0, 0.1) is 11.3 Å². The third-order valence-electron chi connectivity index (χ3n) is 4.01. The van der Waals surface area contributed by atoms with E-state index in [-0.39, 0.29) is 5.91 Å². The Hall–Kier alpha value is -0.570. The van der Waals surface area contributed by atoms with Crippen molar-refractivity contribution in [1.29, 1.82) is 0 Å². The number of carbonyl (C=O) groups excluding carboxylic acids is 1. The van der Waals surface area contributed by atoms with Crippen LogP contribution >= 0.6 is 0 Å². The van der Waals surface area contributed by atoms with Crippen LogP contribution in [0.5, 0.6) is 0 Å². The van der Waals surface area contributed by atoms with Gasteiger partial charge >= 0.3 is 0 Å². The van der Waals surface area contributed by atoms with Gasteiger partial charge in [-0.2, -0.15) is 0 Å². The van der Waals surface area contributed by atoms with E-state index >= 15 is 0 Å². The number of likely N-dealkylation sites (N-methyl/N-ethyl adjacent to an activating group) is 1. The van der Waals surface area contributed by atoms with Crippen molar-refractivity contribution in [1.82, 2.24) is 5.32 Å². The van der Waals surface area contributed by atoms with Crippen LogP contribution in [0.3, 0.4) is 0 Å². The van der Waals surface area contributed by atoms with Gasteiger partial charge in [-0.15, -0.1) is 0 Å². The minimum absolute atomic E-state index is 0.197. The highest BCUT2D eigenvalue weighted by Crippen LogP contribution is 2.41. The minimum Gasteiger partial charge on any atom is -0.368 e. The van der Waals surface area contributed by atoms with Crippen molar-refractivity contribution in [2.45, 2.75) is 52.0 Å². The van der Waals surface area contributed by atoms with Crippen LogP contribution in [0.25, 0.3) is 0 Å². The fourth-order valence-corrected chi connectivity index (χ4v) is 2.60. The van der Waals surface area contributed by atoms with Crippen molar-refractivity contribution in [2.75, 3.05) is 7.05 Å². The van der Waals surface area contributed by atoms with Crippen LogP contribution in [0.2, 0.25) is 0 Å². The molecule has 15 heavy (non-hydrogen) atoms. The summed E-state index contributed by atoms with van der Waals surface area (Å²) in [6.07, 6.45) is 3.93. The van der Waals surface area contributed by atoms with E-state index in [9.17, 15) is 4.79 Å². The number of amides is 1. The highest BCUT2D eigenvalue weighted by molar-refractivity contribution is 5.84. The first-order valence-corrected chi connectivity index (χ1v) is 5.81. The lowest BCUT2D eigenvalue weighted by atomic mass is 9.67. The van der Waals surface area contributed by atoms with Crippen LogP contribution in [-0.4, -0.2) is 18.5 Å². The molecule has 1 aliphatic rings. The Balaban J connectivity index is 2.65. The molecule has 3 N–H and O–H groups in total. The number of hydrogen-bond acceptors (Lipinski definition) is 2. The number of carbonyl (C=O) groups is 1. The molecule has 0 unspecified atom stereocenters. The summed E-state index contributed by atoms with van der Waals surface area (Å²) in [6, 6.07) is 0. The lowest BCUT2D eigenvalue weighted by Gasteiger charge is -2.42. The number of hydrogen-bond donors (Lipinski definition) is 2. The molecule has 0 saturated heterocycles. The molecular weight excluding hydrogens is 188 g/mol. The molecule has 0 atom stereocenters. The molecule has 1 amide bonds. The third kappa shape index (κ3) is 2.51. The summed E-state index contributed by atoms with van der Waals surface area (Å²) in [6.45, 7) is 6.82. The summed E-state index contributed by atoms with van der Waals surface area (Å²) in [4.78, 5) is 11.4. The second-order valence-electron chi connectivity index (χ2n) is 5.84. The summed E-state index contributed by atoms with van der Waals surface area (Å²) in [5, 5.41) is 3.11. The largest absolute Gasteiger partial charge is 0.368 e. The van der Waals surface area contributed by atoms with Gasteiger partial charge in [-0.1, -0.05) is 20.8 Å². The zero-order valence-corrected chi connectivity index (χ0v) is 10.4. The number of nitrogens with one attached hydrogen (secondary N) is 1. The number of nitrogens with two attached hydrogens (primary N) is 1. The van der Waals surface area contributed by atoms with Gasteiger partial charge in [0, 0.05) is 0 Å². The smallest absolute Gasteiger partial charge is 0.237 e. The summed E-state index contributed by atoms with van der Waals surface area (Å²) in [5.74, 6) is 0.510. The second-order valence-corrected chi connectivity index (χ2v) is 5.84. The van der Waals surface area contributed by atoms with E-state index in [2.05, 4.69) is 26.1 Å². The van der Waals surface area contributed by atoms with Gasteiger partial charge in [-0.3, -0.25) is 4.79 Å². The first kappa shape index (κ1) is 12.5. The van der Waals surface area contributed by atoms with Gasteiger partial charge < -0.3 is 11.1 Å². The molecule has 3 heteroatoms. The Morgan fingerprint density at radius 2 is 1.80 bits per heavy atom. The molecule has 0 aromatic carbocycles. The Morgan fingerprint density at radius 3 is 2.07 bits per heavy atom. The third-order valence-corrected chi connectivity index (χ3v) is 4.01. The summed E-state index contributed by atoms with van der Waals surface area (Å²) >= 11 is 0. The Morgan fingerprint density at radius 1 is 1.33 bits per heavy atom. The SMILES string of the molecule is CNC1(C(N)=O)CCC(C(C)(C)C)CC1. The maximum atomic E-state index is 11.4. The first-order chi connectivity index (χ1) is 6.82. The normalized spacial score (nSPS) is 32.7. The lowest BCUT2D eigenvalue weighted by molar-refractivity contribution is -0.126. The fourth-order valence-electron chi connectivity index (χ4n) is 2.60. The highest BCUT2D eigenvalue weighted by atomic mass is 16.1. The van der Waals surface area contributed by atoms with Crippen LogP contribution in [-0.2, 0) is 4.79 Å². The van der Waals surface area contributed by atoms with Gasteiger partial charge in [-0.25, -0.2) is 0 Å². The van der Waals surface area contributed by atoms with Gasteiger partial charge in [0.25, 0.3) is 0 Å². The van der Waals surface area contributed by atoms with Gasteiger partial charge in [0.15, 0.2) is 0 Å². The van der Waals surface area contributed by atoms with Crippen LogP contribution in [0.1, 0.15) is 46.5 Å². The standard InChI is InChI=1S/C12H24N2O/c1-11(2,3)9-5-7-12(14-4,8-6-9)10(13)15/h9,14H,5-8H2,1-4H3,(H2,13,15). The molecule has 0 spiro atoms. The average molecular weight is 212 g/mol. The van der Waals surface area contributed by atoms with Crippen molar-refractivity contribution < 1.29 is 4.79 Å².